The molecular weight excluding hydrogens is 264 g/mol. The minimum absolute atomic E-state index is 0.130. The summed E-state index contributed by atoms with van der Waals surface area (Å²) >= 11 is 0. The molecule has 0 aliphatic rings. The van der Waals surface area contributed by atoms with Crippen LogP contribution in [0.3, 0.4) is 0 Å². The lowest BCUT2D eigenvalue weighted by Crippen LogP contribution is -2.44. The van der Waals surface area contributed by atoms with Gasteiger partial charge in [-0.2, -0.15) is 0 Å². The molecule has 0 aliphatic carbocycles. The fourth-order valence-electron chi connectivity index (χ4n) is 2.15. The maximum Gasteiger partial charge on any atom is 0.216 e. The lowest BCUT2D eigenvalue weighted by molar-refractivity contribution is -0.129. The molecule has 2 aromatic carbocycles. The summed E-state index contributed by atoms with van der Waals surface area (Å²) in [6.07, 6.45) is 0. The number of rotatable bonds is 5. The van der Waals surface area contributed by atoms with Crippen LogP contribution in [0.1, 0.15) is 22.8 Å². The number of carbonyl (C=O) groups is 2. The highest BCUT2D eigenvalue weighted by Gasteiger charge is 2.45. The van der Waals surface area contributed by atoms with Crippen molar-refractivity contribution < 1.29 is 14.7 Å². The molecule has 0 heterocycles. The molecule has 2 rings (SSSR count). The van der Waals surface area contributed by atoms with Crippen LogP contribution >= 0.6 is 0 Å². The first kappa shape index (κ1) is 14.9. The summed E-state index contributed by atoms with van der Waals surface area (Å²) in [5, 5.41) is 10.9. The van der Waals surface area contributed by atoms with Gasteiger partial charge in [-0.05, 0) is 18.1 Å². The monoisotopic (exact) mass is 280 g/mol. The molecule has 2 aromatic rings. The zero-order valence-electron chi connectivity index (χ0n) is 11.7. The molecule has 3 heteroatoms. The van der Waals surface area contributed by atoms with Crippen molar-refractivity contribution in [2.45, 2.75) is 12.5 Å². The number of benzene rings is 2. The largest absolute Gasteiger partial charge is 0.370 e. The van der Waals surface area contributed by atoms with Gasteiger partial charge in [-0.15, -0.1) is 0 Å². The van der Waals surface area contributed by atoms with Crippen LogP contribution in [0.25, 0.3) is 0 Å². The molecule has 106 valence electrons. The predicted molar refractivity (Wildman–Crippen MR) is 80.9 cm³/mol. The second kappa shape index (κ2) is 5.85. The van der Waals surface area contributed by atoms with E-state index >= 15 is 0 Å². The Kier molecular flexibility index (Phi) is 4.15. The van der Waals surface area contributed by atoms with Gasteiger partial charge >= 0.3 is 0 Å². The van der Waals surface area contributed by atoms with E-state index in [0.717, 1.165) is 0 Å². The maximum absolute atomic E-state index is 12.7. The van der Waals surface area contributed by atoms with Gasteiger partial charge < -0.3 is 5.11 Å². The number of hydrogen-bond acceptors (Lipinski definition) is 3. The van der Waals surface area contributed by atoms with E-state index in [4.69, 9.17) is 0 Å². The summed E-state index contributed by atoms with van der Waals surface area (Å²) < 4.78 is 0. The van der Waals surface area contributed by atoms with Crippen molar-refractivity contribution in [2.75, 3.05) is 0 Å². The molecule has 0 bridgehead atoms. The molecule has 0 aromatic heterocycles. The Labute approximate surface area is 123 Å². The van der Waals surface area contributed by atoms with Crippen molar-refractivity contribution in [1.82, 2.24) is 0 Å². The Hall–Kier alpha value is -2.52. The summed E-state index contributed by atoms with van der Waals surface area (Å²) in [6.45, 7) is 5.04. The molecule has 1 N–H and O–H groups in total. The van der Waals surface area contributed by atoms with Gasteiger partial charge in [0, 0.05) is 5.56 Å². The fourth-order valence-corrected chi connectivity index (χ4v) is 2.15. The average Bonchev–Trinajstić information content (AvgIpc) is 2.54. The Morgan fingerprint density at radius 3 is 1.90 bits per heavy atom. The normalized spacial score (nSPS) is 13.2. The zero-order chi connectivity index (χ0) is 15.5. The quantitative estimate of drug-likeness (QED) is 0.520. The number of hydrogen-bond donors (Lipinski definition) is 1. The number of carbonyl (C=O) groups excluding carboxylic acids is 2. The molecule has 0 saturated heterocycles. The molecule has 0 radical (unpaired) electrons. The van der Waals surface area contributed by atoms with Crippen molar-refractivity contribution in [3.05, 3.63) is 83.9 Å². The van der Waals surface area contributed by atoms with Crippen LogP contribution in [0.5, 0.6) is 0 Å². The molecule has 3 nitrogen and oxygen atoms in total. The van der Waals surface area contributed by atoms with Gasteiger partial charge in [0.1, 0.15) is 0 Å². The average molecular weight is 280 g/mol. The van der Waals surface area contributed by atoms with Crippen LogP contribution in [0.2, 0.25) is 0 Å². The summed E-state index contributed by atoms with van der Waals surface area (Å²) in [4.78, 5) is 25.1. The van der Waals surface area contributed by atoms with E-state index in [-0.39, 0.29) is 16.7 Å². The Morgan fingerprint density at radius 2 is 1.43 bits per heavy atom. The maximum atomic E-state index is 12.7. The third-order valence-corrected chi connectivity index (χ3v) is 3.27. The van der Waals surface area contributed by atoms with E-state index in [2.05, 4.69) is 6.58 Å². The van der Waals surface area contributed by atoms with Crippen LogP contribution in [0.4, 0.5) is 0 Å². The van der Waals surface area contributed by atoms with Gasteiger partial charge in [0.05, 0.1) is 0 Å². The molecule has 0 fully saturated rings. The van der Waals surface area contributed by atoms with Crippen molar-refractivity contribution >= 4 is 11.6 Å². The van der Waals surface area contributed by atoms with Gasteiger partial charge in [-0.3, -0.25) is 9.59 Å². The second-order valence-corrected chi connectivity index (χ2v) is 4.88. The van der Waals surface area contributed by atoms with Crippen LogP contribution in [-0.2, 0) is 10.4 Å². The molecule has 0 spiro atoms. The first-order chi connectivity index (χ1) is 9.98. The van der Waals surface area contributed by atoms with Crippen molar-refractivity contribution in [2.24, 2.45) is 0 Å². The van der Waals surface area contributed by atoms with Crippen molar-refractivity contribution in [3.8, 4) is 0 Å². The van der Waals surface area contributed by atoms with Crippen LogP contribution < -0.4 is 0 Å². The molecule has 0 aliphatic heterocycles. The highest BCUT2D eigenvalue weighted by Crippen LogP contribution is 2.29. The van der Waals surface area contributed by atoms with Gasteiger partial charge in [0.2, 0.25) is 17.2 Å². The highest BCUT2D eigenvalue weighted by atomic mass is 16.3. The van der Waals surface area contributed by atoms with Gasteiger partial charge in [0.25, 0.3) is 0 Å². The minimum Gasteiger partial charge on any atom is -0.370 e. The first-order valence-corrected chi connectivity index (χ1v) is 6.56. The highest BCUT2D eigenvalue weighted by molar-refractivity contribution is 6.22. The summed E-state index contributed by atoms with van der Waals surface area (Å²) in [7, 11) is 0. The van der Waals surface area contributed by atoms with E-state index in [1.54, 1.807) is 60.7 Å². The van der Waals surface area contributed by atoms with E-state index in [1.807, 2.05) is 0 Å². The van der Waals surface area contributed by atoms with Gasteiger partial charge in [-0.1, -0.05) is 67.2 Å². The Bertz CT molecular complexity index is 674. The molecule has 21 heavy (non-hydrogen) atoms. The second-order valence-electron chi connectivity index (χ2n) is 4.88. The number of Topliss-reactive ketones (excluding diaryl/α,β-unsaturated/α-hetero) is 2. The number of aliphatic hydroxyl groups is 1. The first-order valence-electron chi connectivity index (χ1n) is 6.56. The zero-order valence-corrected chi connectivity index (χ0v) is 11.7. The molecule has 0 saturated carbocycles. The van der Waals surface area contributed by atoms with Gasteiger partial charge in [-0.25, -0.2) is 0 Å². The topological polar surface area (TPSA) is 54.4 Å². The van der Waals surface area contributed by atoms with E-state index in [0.29, 0.717) is 0 Å². The third kappa shape index (κ3) is 2.69. The molecule has 1 unspecified atom stereocenters. The summed E-state index contributed by atoms with van der Waals surface area (Å²) in [6, 6.07) is 16.5. The summed E-state index contributed by atoms with van der Waals surface area (Å²) in [5.74, 6) is -1.34. The van der Waals surface area contributed by atoms with Crippen LogP contribution in [-0.4, -0.2) is 16.7 Å². The van der Waals surface area contributed by atoms with Crippen LogP contribution in [0.15, 0.2) is 72.8 Å². The van der Waals surface area contributed by atoms with Crippen molar-refractivity contribution in [1.29, 1.82) is 0 Å². The Morgan fingerprint density at radius 1 is 0.952 bits per heavy atom. The number of ketones is 2. The van der Waals surface area contributed by atoms with Crippen molar-refractivity contribution in [3.63, 3.8) is 0 Å². The fraction of sp³-hybridized carbons (Fsp3) is 0.111. The summed E-state index contributed by atoms with van der Waals surface area (Å²) in [5.41, 5.74) is -1.59. The molecular formula is C18H16O3. The van der Waals surface area contributed by atoms with E-state index in [9.17, 15) is 14.7 Å². The molecule has 1 atom stereocenters. The lowest BCUT2D eigenvalue weighted by atomic mass is 9.80. The van der Waals surface area contributed by atoms with Crippen LogP contribution in [0, 0.1) is 0 Å². The smallest absolute Gasteiger partial charge is 0.216 e. The van der Waals surface area contributed by atoms with E-state index < -0.39 is 17.2 Å². The Balaban J connectivity index is 2.60. The predicted octanol–water partition coefficient (Wildman–Crippen LogP) is 2.90. The third-order valence-electron chi connectivity index (χ3n) is 3.27. The van der Waals surface area contributed by atoms with E-state index in [1.165, 1.54) is 6.92 Å². The SMILES string of the molecule is C=C(C)C(=O)C(O)(C(=O)c1ccccc1)c1ccccc1. The minimum atomic E-state index is -2.24. The van der Waals surface area contributed by atoms with Gasteiger partial charge in [0.15, 0.2) is 0 Å². The standard InChI is InChI=1S/C18H16O3/c1-13(2)16(19)18(21,15-11-7-4-8-12-15)17(20)14-9-5-3-6-10-14/h3-12,21H,1H2,2H3. The lowest BCUT2D eigenvalue weighted by Gasteiger charge is -2.26. The molecule has 0 amide bonds.